The van der Waals surface area contributed by atoms with Crippen LogP contribution in [0.15, 0.2) is 18.2 Å². The number of carbonyl (C=O) groups is 1. The minimum absolute atomic E-state index is 0.270. The van der Waals surface area contributed by atoms with Crippen LogP contribution in [0.4, 0.5) is 0 Å². The van der Waals surface area contributed by atoms with Crippen LogP contribution in [0.2, 0.25) is 5.02 Å². The van der Waals surface area contributed by atoms with Crippen molar-refractivity contribution in [1.82, 2.24) is 0 Å². The number of benzene rings is 1. The Morgan fingerprint density at radius 2 is 2.35 bits per heavy atom. The summed E-state index contributed by atoms with van der Waals surface area (Å²) in [6.45, 7) is 2.74. The van der Waals surface area contributed by atoms with Crippen molar-refractivity contribution in [3.8, 4) is 0 Å². The lowest BCUT2D eigenvalue weighted by Crippen LogP contribution is -2.33. The molecule has 1 N–H and O–H groups in total. The van der Waals surface area contributed by atoms with Gasteiger partial charge in [-0.1, -0.05) is 23.7 Å². The van der Waals surface area contributed by atoms with E-state index in [1.54, 1.807) is 0 Å². The predicted molar refractivity (Wildman–Crippen MR) is 65.4 cm³/mol. The van der Waals surface area contributed by atoms with Crippen molar-refractivity contribution >= 4 is 17.6 Å². The summed E-state index contributed by atoms with van der Waals surface area (Å²) in [5, 5.41) is 9.98. The molecule has 17 heavy (non-hydrogen) atoms. The molecule has 0 spiro atoms. The first-order valence-corrected chi connectivity index (χ1v) is 5.97. The molecule has 1 aliphatic rings. The Bertz CT molecular complexity index is 436. The van der Waals surface area contributed by atoms with Crippen LogP contribution in [-0.2, 0) is 16.0 Å². The summed E-state index contributed by atoms with van der Waals surface area (Å²) in [4.78, 5) is 11.4. The van der Waals surface area contributed by atoms with E-state index < -0.39 is 11.4 Å². The highest BCUT2D eigenvalue weighted by atomic mass is 35.5. The van der Waals surface area contributed by atoms with Gasteiger partial charge in [-0.2, -0.15) is 0 Å². The largest absolute Gasteiger partial charge is 0.481 e. The molecule has 1 heterocycles. The van der Waals surface area contributed by atoms with Gasteiger partial charge in [-0.3, -0.25) is 4.79 Å². The minimum Gasteiger partial charge on any atom is -0.481 e. The van der Waals surface area contributed by atoms with Crippen LogP contribution in [0, 0.1) is 12.3 Å². The number of ether oxygens (including phenoxy) is 1. The van der Waals surface area contributed by atoms with Crippen LogP contribution in [0.25, 0.3) is 0 Å². The van der Waals surface area contributed by atoms with Gasteiger partial charge < -0.3 is 9.84 Å². The first kappa shape index (κ1) is 12.4. The third kappa shape index (κ3) is 2.45. The Balaban J connectivity index is 2.26. The molecule has 1 atom stereocenters. The molecule has 92 valence electrons. The first-order valence-electron chi connectivity index (χ1n) is 5.60. The minimum atomic E-state index is -0.807. The molecule has 0 bridgehead atoms. The average Bonchev–Trinajstić information content (AvgIpc) is 2.72. The maximum atomic E-state index is 11.4. The molecule has 1 aliphatic heterocycles. The number of aliphatic carboxylic acids is 1. The zero-order chi connectivity index (χ0) is 12.5. The van der Waals surface area contributed by atoms with E-state index in [4.69, 9.17) is 16.3 Å². The van der Waals surface area contributed by atoms with Crippen molar-refractivity contribution in [2.24, 2.45) is 5.41 Å². The van der Waals surface area contributed by atoms with Crippen molar-refractivity contribution in [3.05, 3.63) is 34.3 Å². The van der Waals surface area contributed by atoms with E-state index in [2.05, 4.69) is 0 Å². The van der Waals surface area contributed by atoms with Gasteiger partial charge in [0.15, 0.2) is 0 Å². The molecule has 1 aromatic carbocycles. The number of aryl methyl sites for hydroxylation is 1. The predicted octanol–water partition coefficient (Wildman–Crippen LogP) is 2.68. The lowest BCUT2D eigenvalue weighted by atomic mass is 9.81. The second-order valence-electron chi connectivity index (χ2n) is 4.66. The lowest BCUT2D eigenvalue weighted by molar-refractivity contribution is -0.148. The Hall–Kier alpha value is -1.06. The summed E-state index contributed by atoms with van der Waals surface area (Å²) in [6, 6.07) is 5.72. The van der Waals surface area contributed by atoms with Gasteiger partial charge in [0.25, 0.3) is 0 Å². The second kappa shape index (κ2) is 4.67. The quantitative estimate of drug-likeness (QED) is 0.902. The molecule has 0 aromatic heterocycles. The molecule has 0 saturated carbocycles. The average molecular weight is 255 g/mol. The Morgan fingerprint density at radius 1 is 1.59 bits per heavy atom. The van der Waals surface area contributed by atoms with Gasteiger partial charge in [0.2, 0.25) is 0 Å². The van der Waals surface area contributed by atoms with Crippen LogP contribution in [0.1, 0.15) is 17.5 Å². The lowest BCUT2D eigenvalue weighted by Gasteiger charge is -2.22. The maximum absolute atomic E-state index is 11.4. The van der Waals surface area contributed by atoms with Crippen LogP contribution >= 0.6 is 11.6 Å². The number of carboxylic acid groups (broad SMARTS) is 1. The van der Waals surface area contributed by atoms with Crippen molar-refractivity contribution in [2.45, 2.75) is 19.8 Å². The van der Waals surface area contributed by atoms with Gasteiger partial charge in [-0.05, 0) is 37.0 Å². The molecular weight excluding hydrogens is 240 g/mol. The molecule has 4 heteroatoms. The van der Waals surface area contributed by atoms with Gasteiger partial charge in [0.05, 0.1) is 12.0 Å². The third-order valence-corrected chi connectivity index (χ3v) is 3.65. The van der Waals surface area contributed by atoms with Crippen LogP contribution in [0.5, 0.6) is 0 Å². The van der Waals surface area contributed by atoms with Crippen LogP contribution < -0.4 is 0 Å². The SMILES string of the molecule is Cc1ccc(CC2(C(=O)O)CCOC2)c(Cl)c1. The van der Waals surface area contributed by atoms with Crippen molar-refractivity contribution in [1.29, 1.82) is 0 Å². The summed E-state index contributed by atoms with van der Waals surface area (Å²) in [6.07, 6.45) is 0.980. The Kier molecular flexibility index (Phi) is 3.40. The molecule has 1 saturated heterocycles. The molecule has 1 fully saturated rings. The van der Waals surface area contributed by atoms with Crippen LogP contribution in [0.3, 0.4) is 0 Å². The summed E-state index contributed by atoms with van der Waals surface area (Å²) in [5.74, 6) is -0.799. The van der Waals surface area contributed by atoms with E-state index in [1.807, 2.05) is 25.1 Å². The van der Waals surface area contributed by atoms with E-state index in [0.717, 1.165) is 11.1 Å². The Morgan fingerprint density at radius 3 is 2.88 bits per heavy atom. The third-order valence-electron chi connectivity index (χ3n) is 3.29. The van der Waals surface area contributed by atoms with Gasteiger partial charge in [-0.15, -0.1) is 0 Å². The number of hydrogen-bond donors (Lipinski definition) is 1. The standard InChI is InChI=1S/C13H15ClO3/c1-9-2-3-10(11(14)6-9)7-13(12(15)16)4-5-17-8-13/h2-3,6H,4-5,7-8H2,1H3,(H,15,16). The Labute approximate surface area is 105 Å². The van der Waals surface area contributed by atoms with E-state index >= 15 is 0 Å². The summed E-state index contributed by atoms with van der Waals surface area (Å²) >= 11 is 6.14. The topological polar surface area (TPSA) is 46.5 Å². The second-order valence-corrected chi connectivity index (χ2v) is 5.07. The first-order chi connectivity index (χ1) is 8.03. The zero-order valence-electron chi connectivity index (χ0n) is 9.70. The van der Waals surface area contributed by atoms with Gasteiger partial charge in [0.1, 0.15) is 0 Å². The number of hydrogen-bond acceptors (Lipinski definition) is 2. The zero-order valence-corrected chi connectivity index (χ0v) is 10.5. The highest BCUT2D eigenvalue weighted by Gasteiger charge is 2.42. The van der Waals surface area contributed by atoms with Crippen molar-refractivity contribution in [2.75, 3.05) is 13.2 Å². The van der Waals surface area contributed by atoms with Crippen LogP contribution in [-0.4, -0.2) is 24.3 Å². The van der Waals surface area contributed by atoms with E-state index in [-0.39, 0.29) is 6.61 Å². The summed E-state index contributed by atoms with van der Waals surface area (Å²) < 4.78 is 5.23. The molecule has 1 aromatic rings. The maximum Gasteiger partial charge on any atom is 0.312 e. The fourth-order valence-corrected chi connectivity index (χ4v) is 2.45. The van der Waals surface area contributed by atoms with E-state index in [1.165, 1.54) is 0 Å². The highest BCUT2D eigenvalue weighted by molar-refractivity contribution is 6.31. The fourth-order valence-electron chi connectivity index (χ4n) is 2.15. The van der Waals surface area contributed by atoms with Gasteiger partial charge in [-0.25, -0.2) is 0 Å². The number of carboxylic acids is 1. The normalized spacial score (nSPS) is 23.9. The summed E-state index contributed by atoms with van der Waals surface area (Å²) in [5.41, 5.74) is 1.15. The smallest absolute Gasteiger partial charge is 0.312 e. The molecular formula is C13H15ClO3. The molecule has 3 nitrogen and oxygen atoms in total. The fraction of sp³-hybridized carbons (Fsp3) is 0.462. The molecule has 0 radical (unpaired) electrons. The molecule has 0 amide bonds. The summed E-state index contributed by atoms with van der Waals surface area (Å²) in [7, 11) is 0. The number of rotatable bonds is 3. The van der Waals surface area contributed by atoms with E-state index in [0.29, 0.717) is 24.5 Å². The van der Waals surface area contributed by atoms with Crippen molar-refractivity contribution in [3.63, 3.8) is 0 Å². The van der Waals surface area contributed by atoms with Crippen molar-refractivity contribution < 1.29 is 14.6 Å². The molecule has 2 rings (SSSR count). The molecule has 1 unspecified atom stereocenters. The number of halogens is 1. The molecule has 0 aliphatic carbocycles. The highest BCUT2D eigenvalue weighted by Crippen LogP contribution is 2.35. The van der Waals surface area contributed by atoms with E-state index in [9.17, 15) is 9.90 Å². The van der Waals surface area contributed by atoms with Gasteiger partial charge >= 0.3 is 5.97 Å². The van der Waals surface area contributed by atoms with Gasteiger partial charge in [0, 0.05) is 11.6 Å². The monoisotopic (exact) mass is 254 g/mol.